The lowest BCUT2D eigenvalue weighted by molar-refractivity contribution is -0.686. The van der Waals surface area contributed by atoms with Gasteiger partial charge in [-0.25, -0.2) is 0 Å². The van der Waals surface area contributed by atoms with E-state index in [1.54, 1.807) is 7.11 Å². The van der Waals surface area contributed by atoms with Crippen LogP contribution in [-0.4, -0.2) is 46.0 Å². The van der Waals surface area contributed by atoms with E-state index in [4.69, 9.17) is 14.2 Å². The molecule has 2 aromatic carbocycles. The van der Waals surface area contributed by atoms with Crippen LogP contribution in [0.5, 0.6) is 17.2 Å². The van der Waals surface area contributed by atoms with Gasteiger partial charge in [0.15, 0.2) is 24.2 Å². The Morgan fingerprint density at radius 2 is 1.97 bits per heavy atom. The smallest absolute Gasteiger partial charge is 0.231 e. The molecular formula is C23H26N3O3+. The number of benzene rings is 2. The number of likely N-dealkylation sites (N-methyl/N-ethyl adjacent to an activating group) is 1. The van der Waals surface area contributed by atoms with Crippen molar-refractivity contribution in [3.05, 3.63) is 42.1 Å². The molecule has 5 rings (SSSR count). The zero-order valence-corrected chi connectivity index (χ0v) is 17.1. The van der Waals surface area contributed by atoms with Gasteiger partial charge in [-0.05, 0) is 43.2 Å². The summed E-state index contributed by atoms with van der Waals surface area (Å²) in [5, 5.41) is 5.95. The highest BCUT2D eigenvalue weighted by Crippen LogP contribution is 2.41. The molecular weight excluding hydrogens is 366 g/mol. The van der Waals surface area contributed by atoms with E-state index in [1.807, 2.05) is 6.07 Å². The second-order valence-corrected chi connectivity index (χ2v) is 7.84. The minimum atomic E-state index is 0.303. The van der Waals surface area contributed by atoms with Gasteiger partial charge in [0.2, 0.25) is 12.5 Å². The molecule has 29 heavy (non-hydrogen) atoms. The molecule has 0 amide bonds. The lowest BCUT2D eigenvalue weighted by atomic mass is 9.95. The largest absolute Gasteiger partial charge is 0.495 e. The van der Waals surface area contributed by atoms with Crippen LogP contribution in [0, 0.1) is 0 Å². The number of ether oxygens (including phenoxy) is 3. The van der Waals surface area contributed by atoms with Crippen LogP contribution in [0.15, 0.2) is 36.5 Å². The summed E-state index contributed by atoms with van der Waals surface area (Å²) < 4.78 is 19.2. The highest BCUT2D eigenvalue weighted by molar-refractivity contribution is 5.97. The number of rotatable bonds is 5. The molecule has 0 unspecified atom stereocenters. The van der Waals surface area contributed by atoms with Gasteiger partial charge >= 0.3 is 0 Å². The number of anilines is 1. The number of pyridine rings is 1. The highest BCUT2D eigenvalue weighted by Gasteiger charge is 2.28. The molecule has 1 aromatic heterocycles. The average molecular weight is 392 g/mol. The zero-order chi connectivity index (χ0) is 20.0. The van der Waals surface area contributed by atoms with E-state index in [0.29, 0.717) is 6.79 Å². The van der Waals surface area contributed by atoms with Gasteiger partial charge in [0.25, 0.3) is 0 Å². The van der Waals surface area contributed by atoms with Crippen LogP contribution >= 0.6 is 0 Å². The molecule has 0 aliphatic carbocycles. The van der Waals surface area contributed by atoms with Gasteiger partial charge in [0.05, 0.1) is 23.7 Å². The summed E-state index contributed by atoms with van der Waals surface area (Å²) in [7, 11) is 5.89. The fourth-order valence-electron chi connectivity index (χ4n) is 4.18. The van der Waals surface area contributed by atoms with Crippen LogP contribution in [0.2, 0.25) is 0 Å². The molecule has 0 saturated heterocycles. The average Bonchev–Trinajstić information content (AvgIpc) is 3.18. The molecule has 6 nitrogen and oxygen atoms in total. The number of hydrogen-bond donors (Lipinski definition) is 1. The van der Waals surface area contributed by atoms with Crippen LogP contribution in [0.1, 0.15) is 5.56 Å². The third-order valence-electron chi connectivity index (χ3n) is 5.70. The number of nitrogens with one attached hydrogen (secondary N) is 1. The Morgan fingerprint density at radius 3 is 2.76 bits per heavy atom. The van der Waals surface area contributed by atoms with Gasteiger partial charge in [-0.3, -0.25) is 0 Å². The van der Waals surface area contributed by atoms with Gasteiger partial charge < -0.3 is 24.4 Å². The summed E-state index contributed by atoms with van der Waals surface area (Å²) in [5.74, 6) is 2.56. The minimum absolute atomic E-state index is 0.303. The molecule has 0 radical (unpaired) electrons. The van der Waals surface area contributed by atoms with Crippen molar-refractivity contribution < 1.29 is 18.8 Å². The lowest BCUT2D eigenvalue weighted by Gasteiger charge is -2.19. The second kappa shape index (κ2) is 7.12. The van der Waals surface area contributed by atoms with E-state index in [0.717, 1.165) is 49.0 Å². The van der Waals surface area contributed by atoms with Crippen LogP contribution < -0.4 is 24.1 Å². The molecule has 150 valence electrons. The summed E-state index contributed by atoms with van der Waals surface area (Å²) in [6.07, 6.45) is 3.22. The van der Waals surface area contributed by atoms with Crippen LogP contribution in [0.4, 0.5) is 5.69 Å². The number of aromatic nitrogens is 1. The molecule has 3 heterocycles. The van der Waals surface area contributed by atoms with Crippen molar-refractivity contribution in [3.63, 3.8) is 0 Å². The maximum Gasteiger partial charge on any atom is 0.231 e. The Kier molecular flexibility index (Phi) is 4.43. The Labute approximate surface area is 170 Å². The first-order valence-corrected chi connectivity index (χ1v) is 10.00. The Hall–Kier alpha value is -2.99. The van der Waals surface area contributed by atoms with Crippen molar-refractivity contribution >= 4 is 16.5 Å². The second-order valence-electron chi connectivity index (χ2n) is 7.84. The Morgan fingerprint density at radius 1 is 1.14 bits per heavy atom. The van der Waals surface area contributed by atoms with Gasteiger partial charge in [-0.15, -0.1) is 0 Å². The van der Waals surface area contributed by atoms with Crippen molar-refractivity contribution in [2.75, 3.05) is 46.4 Å². The molecule has 0 saturated carbocycles. The lowest BCUT2D eigenvalue weighted by Crippen LogP contribution is -2.40. The molecule has 0 bridgehead atoms. The van der Waals surface area contributed by atoms with Gasteiger partial charge in [-0.1, -0.05) is 6.07 Å². The molecule has 1 N–H and O–H groups in total. The zero-order valence-electron chi connectivity index (χ0n) is 17.1. The van der Waals surface area contributed by atoms with E-state index in [2.05, 4.69) is 59.3 Å². The molecule has 0 fully saturated rings. The normalized spacial score (nSPS) is 14.1. The molecule has 3 aromatic rings. The first-order valence-electron chi connectivity index (χ1n) is 10.00. The van der Waals surface area contributed by atoms with Crippen molar-refractivity contribution in [1.29, 1.82) is 0 Å². The predicted molar refractivity (Wildman–Crippen MR) is 113 cm³/mol. The van der Waals surface area contributed by atoms with Crippen molar-refractivity contribution in [1.82, 2.24) is 4.90 Å². The number of fused-ring (bicyclic) bond motifs is 5. The Balaban J connectivity index is 1.61. The summed E-state index contributed by atoms with van der Waals surface area (Å²) in [4.78, 5) is 2.17. The van der Waals surface area contributed by atoms with E-state index in [1.165, 1.54) is 27.6 Å². The molecule has 0 atom stereocenters. The summed E-state index contributed by atoms with van der Waals surface area (Å²) in [6.45, 7) is 3.05. The molecule has 0 spiro atoms. The standard InChI is InChI=1S/C23H25N3O3/c1-25(2)9-7-24-23-18-13-26-8-6-16-11-21-22(29-14-28-21)12-17(16)19(26)10-15(18)4-5-20(23)27-3/h4-5,10-13H,6-9,14H2,1-3H3/p+1. The van der Waals surface area contributed by atoms with Gasteiger partial charge in [0.1, 0.15) is 5.75 Å². The molecule has 2 aliphatic rings. The summed E-state index contributed by atoms with van der Waals surface area (Å²) in [5.41, 5.74) is 4.80. The number of nitrogens with zero attached hydrogens (tertiary/aromatic N) is 2. The van der Waals surface area contributed by atoms with Crippen LogP contribution in [0.25, 0.3) is 22.0 Å². The molecule has 2 aliphatic heterocycles. The van der Waals surface area contributed by atoms with E-state index in [9.17, 15) is 0 Å². The van der Waals surface area contributed by atoms with Crippen LogP contribution in [0.3, 0.4) is 0 Å². The summed E-state index contributed by atoms with van der Waals surface area (Å²) >= 11 is 0. The van der Waals surface area contributed by atoms with Crippen molar-refractivity contribution in [3.8, 4) is 28.5 Å². The fourth-order valence-corrected chi connectivity index (χ4v) is 4.18. The third kappa shape index (κ3) is 3.13. The maximum atomic E-state index is 5.65. The van der Waals surface area contributed by atoms with E-state index < -0.39 is 0 Å². The number of hydrogen-bond acceptors (Lipinski definition) is 5. The number of aryl methyl sites for hydroxylation is 2. The Bertz CT molecular complexity index is 1090. The van der Waals surface area contributed by atoms with Gasteiger partial charge in [0, 0.05) is 25.6 Å². The van der Waals surface area contributed by atoms with Crippen molar-refractivity contribution in [2.45, 2.75) is 13.0 Å². The topological polar surface area (TPSA) is 46.8 Å². The first kappa shape index (κ1) is 18.1. The van der Waals surface area contributed by atoms with Gasteiger partial charge in [-0.2, -0.15) is 4.57 Å². The predicted octanol–water partition coefficient (Wildman–Crippen LogP) is 3.06. The fraction of sp³-hybridized carbons (Fsp3) is 0.348. The minimum Gasteiger partial charge on any atom is -0.495 e. The first-order chi connectivity index (χ1) is 14.1. The molecule has 6 heteroatoms. The SMILES string of the molecule is COc1ccc2cc3[n+](cc2c1NCCN(C)C)CCc1cc2c(cc1-3)OCO2. The van der Waals surface area contributed by atoms with E-state index >= 15 is 0 Å². The quantitative estimate of drug-likeness (QED) is 0.677. The van der Waals surface area contributed by atoms with Crippen LogP contribution in [-0.2, 0) is 13.0 Å². The maximum absolute atomic E-state index is 5.65. The monoisotopic (exact) mass is 392 g/mol. The van der Waals surface area contributed by atoms with Crippen molar-refractivity contribution in [2.24, 2.45) is 0 Å². The number of methoxy groups -OCH3 is 1. The van der Waals surface area contributed by atoms with E-state index in [-0.39, 0.29) is 0 Å². The third-order valence-corrected chi connectivity index (χ3v) is 5.70. The summed E-state index contributed by atoms with van der Waals surface area (Å²) in [6, 6.07) is 10.7. The highest BCUT2D eigenvalue weighted by atomic mass is 16.7.